The van der Waals surface area contributed by atoms with Gasteiger partial charge in [-0.3, -0.25) is 14.7 Å². The number of morpholine rings is 1. The molecule has 2 aromatic heterocycles. The Morgan fingerprint density at radius 1 is 1.35 bits per heavy atom. The van der Waals surface area contributed by atoms with Gasteiger partial charge in [0.1, 0.15) is 5.82 Å². The van der Waals surface area contributed by atoms with E-state index in [1.165, 1.54) is 5.56 Å². The van der Waals surface area contributed by atoms with Crippen LogP contribution in [-0.2, 0) is 22.6 Å². The van der Waals surface area contributed by atoms with Crippen LogP contribution in [0.1, 0.15) is 17.8 Å². The zero-order chi connectivity index (χ0) is 18.4. The molecule has 0 aromatic carbocycles. The molecular weight excluding hydrogens is 330 g/mol. The average Bonchev–Trinajstić information content (AvgIpc) is 3.07. The van der Waals surface area contributed by atoms with Crippen LogP contribution in [0.4, 0.5) is 0 Å². The van der Waals surface area contributed by atoms with Crippen LogP contribution in [-0.4, -0.2) is 69.6 Å². The lowest BCUT2D eigenvalue weighted by Gasteiger charge is -2.36. The maximum Gasteiger partial charge on any atom is 0.224 e. The molecule has 0 aliphatic carbocycles. The van der Waals surface area contributed by atoms with Crippen molar-refractivity contribution in [2.75, 3.05) is 33.4 Å². The number of hydrogen-bond donors (Lipinski definition) is 0. The maximum atomic E-state index is 12.7. The van der Waals surface area contributed by atoms with E-state index in [0.717, 1.165) is 25.5 Å². The summed E-state index contributed by atoms with van der Waals surface area (Å²) in [7, 11) is 1.87. The number of imidazole rings is 1. The molecule has 0 unspecified atom stereocenters. The largest absolute Gasteiger partial charge is 0.378 e. The molecule has 26 heavy (non-hydrogen) atoms. The highest BCUT2D eigenvalue weighted by molar-refractivity contribution is 5.76. The highest BCUT2D eigenvalue weighted by Crippen LogP contribution is 2.15. The zero-order valence-electron chi connectivity index (χ0n) is 15.5. The first kappa shape index (κ1) is 18.5. The van der Waals surface area contributed by atoms with Gasteiger partial charge < -0.3 is 14.2 Å². The van der Waals surface area contributed by atoms with Gasteiger partial charge in [-0.15, -0.1) is 0 Å². The molecule has 1 amide bonds. The number of carbonyl (C=O) groups excluding carboxylic acids is 1. The third-order valence-corrected chi connectivity index (χ3v) is 4.92. The first-order valence-electron chi connectivity index (χ1n) is 9.06. The highest BCUT2D eigenvalue weighted by atomic mass is 16.5. The van der Waals surface area contributed by atoms with Crippen LogP contribution in [0, 0.1) is 6.92 Å². The molecule has 3 heterocycles. The van der Waals surface area contributed by atoms with Gasteiger partial charge >= 0.3 is 0 Å². The fourth-order valence-corrected chi connectivity index (χ4v) is 3.19. The summed E-state index contributed by atoms with van der Waals surface area (Å²) in [5.41, 5.74) is 1.21. The van der Waals surface area contributed by atoms with Crippen molar-refractivity contribution in [1.82, 2.24) is 24.3 Å². The van der Waals surface area contributed by atoms with Gasteiger partial charge in [0, 0.05) is 70.5 Å². The van der Waals surface area contributed by atoms with Gasteiger partial charge in [0.2, 0.25) is 5.91 Å². The molecule has 3 rings (SSSR count). The summed E-state index contributed by atoms with van der Waals surface area (Å²) in [6.07, 6.45) is 7.82. The van der Waals surface area contributed by atoms with Crippen LogP contribution in [0.25, 0.3) is 0 Å². The topological polar surface area (TPSA) is 63.5 Å². The fourth-order valence-electron chi connectivity index (χ4n) is 3.19. The minimum absolute atomic E-state index is 0.113. The van der Waals surface area contributed by atoms with E-state index in [2.05, 4.69) is 19.4 Å². The number of aromatic nitrogens is 3. The molecule has 7 heteroatoms. The lowest BCUT2D eigenvalue weighted by Crippen LogP contribution is -2.47. The Morgan fingerprint density at radius 3 is 2.88 bits per heavy atom. The number of carbonyl (C=O) groups is 1. The first-order chi connectivity index (χ1) is 12.6. The van der Waals surface area contributed by atoms with Crippen LogP contribution in [0.15, 0.2) is 36.9 Å². The molecule has 7 nitrogen and oxygen atoms in total. The second kappa shape index (κ2) is 8.91. The molecule has 0 saturated carbocycles. The molecule has 1 saturated heterocycles. The van der Waals surface area contributed by atoms with E-state index < -0.39 is 0 Å². The van der Waals surface area contributed by atoms with Gasteiger partial charge in [0.25, 0.3) is 0 Å². The number of nitrogens with zero attached hydrogens (tertiary/aromatic N) is 5. The Kier molecular flexibility index (Phi) is 6.35. The normalized spacial score (nSPS) is 18.0. The lowest BCUT2D eigenvalue weighted by atomic mass is 10.1. The number of aryl methyl sites for hydroxylation is 1. The summed E-state index contributed by atoms with van der Waals surface area (Å²) in [6, 6.07) is 4.16. The van der Waals surface area contributed by atoms with Crippen LogP contribution in [0.3, 0.4) is 0 Å². The molecule has 2 aromatic rings. The van der Waals surface area contributed by atoms with Crippen molar-refractivity contribution in [2.45, 2.75) is 32.5 Å². The van der Waals surface area contributed by atoms with Gasteiger partial charge in [-0.2, -0.15) is 0 Å². The monoisotopic (exact) mass is 357 g/mol. The van der Waals surface area contributed by atoms with Crippen LogP contribution in [0.2, 0.25) is 0 Å². The molecule has 1 atom stereocenters. The third kappa shape index (κ3) is 4.89. The minimum Gasteiger partial charge on any atom is -0.378 e. The first-order valence-corrected chi connectivity index (χ1v) is 9.06. The van der Waals surface area contributed by atoms with Crippen molar-refractivity contribution >= 4 is 5.91 Å². The Hall–Kier alpha value is -2.25. The van der Waals surface area contributed by atoms with E-state index in [4.69, 9.17) is 4.74 Å². The number of pyridine rings is 1. The predicted molar refractivity (Wildman–Crippen MR) is 98.5 cm³/mol. The SMILES string of the molecule is Cc1nccn1CCN(C)C(=O)C[C@H]1COCCN1Cc1ccncc1. The molecule has 0 N–H and O–H groups in total. The molecule has 0 bridgehead atoms. The molecular formula is C19H27N5O2. The number of hydrogen-bond acceptors (Lipinski definition) is 5. The van der Waals surface area contributed by atoms with Gasteiger partial charge in [-0.1, -0.05) is 0 Å². The van der Waals surface area contributed by atoms with Crippen molar-refractivity contribution in [2.24, 2.45) is 0 Å². The molecule has 1 aliphatic heterocycles. The number of likely N-dealkylation sites (N-methyl/N-ethyl adjacent to an activating group) is 1. The summed E-state index contributed by atoms with van der Waals surface area (Å²) >= 11 is 0. The Balaban J connectivity index is 1.53. The van der Waals surface area contributed by atoms with Crippen LogP contribution < -0.4 is 0 Å². The van der Waals surface area contributed by atoms with Gasteiger partial charge in [-0.25, -0.2) is 4.98 Å². The van der Waals surface area contributed by atoms with Crippen molar-refractivity contribution in [1.29, 1.82) is 0 Å². The number of ether oxygens (including phenoxy) is 1. The fraction of sp³-hybridized carbons (Fsp3) is 0.526. The van der Waals surface area contributed by atoms with E-state index in [0.29, 0.717) is 26.2 Å². The number of amides is 1. The number of rotatable bonds is 7. The van der Waals surface area contributed by atoms with Crippen LogP contribution in [0.5, 0.6) is 0 Å². The molecule has 140 valence electrons. The summed E-state index contributed by atoms with van der Waals surface area (Å²) in [6.45, 7) is 6.39. The smallest absolute Gasteiger partial charge is 0.224 e. The average molecular weight is 357 g/mol. The van der Waals surface area contributed by atoms with Crippen molar-refractivity contribution in [3.63, 3.8) is 0 Å². The predicted octanol–water partition coefficient (Wildman–Crippen LogP) is 1.34. The van der Waals surface area contributed by atoms with E-state index >= 15 is 0 Å². The Morgan fingerprint density at radius 2 is 2.15 bits per heavy atom. The van der Waals surface area contributed by atoms with Crippen molar-refractivity contribution < 1.29 is 9.53 Å². The van der Waals surface area contributed by atoms with E-state index in [1.807, 2.05) is 44.7 Å². The van der Waals surface area contributed by atoms with Crippen molar-refractivity contribution in [3.05, 3.63) is 48.3 Å². The Bertz CT molecular complexity index is 703. The van der Waals surface area contributed by atoms with Gasteiger partial charge in [0.05, 0.1) is 13.2 Å². The highest BCUT2D eigenvalue weighted by Gasteiger charge is 2.26. The second-order valence-corrected chi connectivity index (χ2v) is 6.74. The zero-order valence-corrected chi connectivity index (χ0v) is 15.5. The molecule has 0 spiro atoms. The maximum absolute atomic E-state index is 12.7. The summed E-state index contributed by atoms with van der Waals surface area (Å²) in [5, 5.41) is 0. The second-order valence-electron chi connectivity index (χ2n) is 6.74. The van der Waals surface area contributed by atoms with E-state index in [-0.39, 0.29) is 11.9 Å². The third-order valence-electron chi connectivity index (χ3n) is 4.92. The summed E-state index contributed by atoms with van der Waals surface area (Å²) in [5.74, 6) is 1.12. The van der Waals surface area contributed by atoms with Crippen molar-refractivity contribution in [3.8, 4) is 0 Å². The lowest BCUT2D eigenvalue weighted by molar-refractivity contribution is -0.133. The standard InChI is InChI=1S/C19H27N5O2/c1-16-21-7-8-23(16)10-9-22(2)19(25)13-18-15-26-12-11-24(18)14-17-3-5-20-6-4-17/h3-8,18H,9-15H2,1-2H3/t18-/m0/s1. The molecule has 1 fully saturated rings. The minimum atomic E-state index is 0.113. The van der Waals surface area contributed by atoms with E-state index in [1.54, 1.807) is 11.1 Å². The molecule has 0 radical (unpaired) electrons. The quantitative estimate of drug-likeness (QED) is 0.748. The van der Waals surface area contributed by atoms with Gasteiger partial charge in [-0.05, 0) is 24.6 Å². The van der Waals surface area contributed by atoms with Crippen LogP contribution >= 0.6 is 0 Å². The van der Waals surface area contributed by atoms with Gasteiger partial charge in [0.15, 0.2) is 0 Å². The Labute approximate surface area is 154 Å². The summed E-state index contributed by atoms with van der Waals surface area (Å²) in [4.78, 5) is 25.1. The summed E-state index contributed by atoms with van der Waals surface area (Å²) < 4.78 is 7.69. The van der Waals surface area contributed by atoms with E-state index in [9.17, 15) is 4.79 Å². The molecule has 1 aliphatic rings.